The lowest BCUT2D eigenvalue weighted by Gasteiger charge is -2.24. The molecule has 0 atom stereocenters. The molecule has 0 aromatic heterocycles. The molecule has 110 valence electrons. The number of hydrogen-bond acceptors (Lipinski definition) is 2. The molecule has 0 saturated carbocycles. The standard InChI is InChI=1S/C18H27NO/c1-2-3-16-20-18-11-9-17(10-12-18)8-7-15-19-13-5-4-6-14-19/h7-12H,2-6,13-16H2,1H3/b8-7+. The molecule has 0 amide bonds. The first-order valence-corrected chi connectivity index (χ1v) is 8.00. The molecule has 1 saturated heterocycles. The van der Waals surface area contributed by atoms with Gasteiger partial charge in [-0.25, -0.2) is 0 Å². The molecule has 1 fully saturated rings. The van der Waals surface area contributed by atoms with E-state index in [4.69, 9.17) is 4.74 Å². The predicted octanol–water partition coefficient (Wildman–Crippen LogP) is 4.36. The Morgan fingerprint density at radius 2 is 1.85 bits per heavy atom. The summed E-state index contributed by atoms with van der Waals surface area (Å²) in [5.74, 6) is 0.978. The van der Waals surface area contributed by atoms with Crippen molar-refractivity contribution >= 4 is 6.08 Å². The number of piperidine rings is 1. The van der Waals surface area contributed by atoms with Crippen molar-refractivity contribution in [2.24, 2.45) is 0 Å². The van der Waals surface area contributed by atoms with Crippen LogP contribution in [0.25, 0.3) is 6.08 Å². The third-order valence-corrected chi connectivity index (χ3v) is 3.77. The lowest BCUT2D eigenvalue weighted by Crippen LogP contribution is -2.29. The Kier molecular flexibility index (Phi) is 6.65. The van der Waals surface area contributed by atoms with Gasteiger partial charge in [-0.15, -0.1) is 0 Å². The minimum atomic E-state index is 0.820. The Morgan fingerprint density at radius 1 is 1.10 bits per heavy atom. The van der Waals surface area contributed by atoms with Crippen LogP contribution in [0, 0.1) is 0 Å². The number of ether oxygens (including phenoxy) is 1. The van der Waals surface area contributed by atoms with Crippen LogP contribution in [0.4, 0.5) is 0 Å². The molecule has 1 aromatic carbocycles. The molecular formula is C18H27NO. The zero-order valence-corrected chi connectivity index (χ0v) is 12.7. The van der Waals surface area contributed by atoms with Gasteiger partial charge in [-0.2, -0.15) is 0 Å². The minimum Gasteiger partial charge on any atom is -0.494 e. The van der Waals surface area contributed by atoms with E-state index in [1.807, 2.05) is 0 Å². The van der Waals surface area contributed by atoms with Crippen molar-refractivity contribution in [3.05, 3.63) is 35.9 Å². The molecule has 1 aromatic rings. The van der Waals surface area contributed by atoms with Crippen molar-refractivity contribution in [2.75, 3.05) is 26.2 Å². The van der Waals surface area contributed by atoms with E-state index in [1.165, 1.54) is 44.3 Å². The Balaban J connectivity index is 1.74. The molecule has 1 heterocycles. The van der Waals surface area contributed by atoms with Crippen LogP contribution in [0.5, 0.6) is 5.75 Å². The quantitative estimate of drug-likeness (QED) is 0.684. The van der Waals surface area contributed by atoms with Crippen molar-refractivity contribution in [1.29, 1.82) is 0 Å². The van der Waals surface area contributed by atoms with Crippen LogP contribution in [0.3, 0.4) is 0 Å². The van der Waals surface area contributed by atoms with Gasteiger partial charge in [0.2, 0.25) is 0 Å². The normalized spacial score (nSPS) is 16.6. The number of rotatable bonds is 7. The van der Waals surface area contributed by atoms with Crippen molar-refractivity contribution < 1.29 is 4.74 Å². The van der Waals surface area contributed by atoms with Crippen LogP contribution in [-0.4, -0.2) is 31.1 Å². The van der Waals surface area contributed by atoms with E-state index < -0.39 is 0 Å². The van der Waals surface area contributed by atoms with E-state index >= 15 is 0 Å². The van der Waals surface area contributed by atoms with Gasteiger partial charge in [0.1, 0.15) is 5.75 Å². The van der Waals surface area contributed by atoms with Crippen molar-refractivity contribution in [3.8, 4) is 5.75 Å². The Bertz CT molecular complexity index is 390. The van der Waals surface area contributed by atoms with Gasteiger partial charge in [0.05, 0.1) is 6.61 Å². The SMILES string of the molecule is CCCCOc1ccc(/C=C/CN2CCCCC2)cc1. The highest BCUT2D eigenvalue weighted by molar-refractivity contribution is 5.50. The summed E-state index contributed by atoms with van der Waals surface area (Å²) < 4.78 is 5.67. The van der Waals surface area contributed by atoms with E-state index in [-0.39, 0.29) is 0 Å². The number of likely N-dealkylation sites (tertiary alicyclic amines) is 1. The molecule has 2 heteroatoms. The first-order valence-electron chi connectivity index (χ1n) is 8.00. The average Bonchev–Trinajstić information content (AvgIpc) is 2.50. The molecule has 2 rings (SSSR count). The molecule has 0 aliphatic carbocycles. The summed E-state index contributed by atoms with van der Waals surface area (Å²) in [5.41, 5.74) is 1.25. The Morgan fingerprint density at radius 3 is 2.55 bits per heavy atom. The fourth-order valence-corrected chi connectivity index (χ4v) is 2.49. The monoisotopic (exact) mass is 273 g/mol. The van der Waals surface area contributed by atoms with Crippen LogP contribution in [0.15, 0.2) is 30.3 Å². The lowest BCUT2D eigenvalue weighted by atomic mass is 10.1. The molecule has 0 bridgehead atoms. The zero-order valence-electron chi connectivity index (χ0n) is 12.7. The van der Waals surface area contributed by atoms with Crippen LogP contribution in [0.2, 0.25) is 0 Å². The van der Waals surface area contributed by atoms with Gasteiger partial charge in [0.25, 0.3) is 0 Å². The third-order valence-electron chi connectivity index (χ3n) is 3.77. The fourth-order valence-electron chi connectivity index (χ4n) is 2.49. The highest BCUT2D eigenvalue weighted by atomic mass is 16.5. The highest BCUT2D eigenvalue weighted by Crippen LogP contribution is 2.14. The first-order chi connectivity index (χ1) is 9.88. The summed E-state index contributed by atoms with van der Waals surface area (Å²) in [5, 5.41) is 0. The van der Waals surface area contributed by atoms with Gasteiger partial charge in [-0.05, 0) is 50.0 Å². The summed E-state index contributed by atoms with van der Waals surface area (Å²) in [6, 6.07) is 8.40. The number of hydrogen-bond donors (Lipinski definition) is 0. The van der Waals surface area contributed by atoms with Gasteiger partial charge in [-0.1, -0.05) is 44.1 Å². The molecule has 0 spiro atoms. The summed E-state index contributed by atoms with van der Waals surface area (Å²) in [4.78, 5) is 2.53. The summed E-state index contributed by atoms with van der Waals surface area (Å²) in [6.45, 7) is 6.60. The van der Waals surface area contributed by atoms with Crippen LogP contribution < -0.4 is 4.74 Å². The van der Waals surface area contributed by atoms with Gasteiger partial charge < -0.3 is 4.74 Å². The molecular weight excluding hydrogens is 246 g/mol. The van der Waals surface area contributed by atoms with E-state index in [2.05, 4.69) is 48.2 Å². The van der Waals surface area contributed by atoms with E-state index in [0.717, 1.165) is 25.3 Å². The smallest absolute Gasteiger partial charge is 0.119 e. The van der Waals surface area contributed by atoms with E-state index in [0.29, 0.717) is 0 Å². The van der Waals surface area contributed by atoms with Crippen LogP contribution in [0.1, 0.15) is 44.6 Å². The lowest BCUT2D eigenvalue weighted by molar-refractivity contribution is 0.252. The molecule has 0 unspecified atom stereocenters. The topological polar surface area (TPSA) is 12.5 Å². The first kappa shape index (κ1) is 15.1. The average molecular weight is 273 g/mol. The van der Waals surface area contributed by atoms with E-state index in [1.54, 1.807) is 0 Å². The summed E-state index contributed by atoms with van der Waals surface area (Å²) >= 11 is 0. The highest BCUT2D eigenvalue weighted by Gasteiger charge is 2.07. The molecule has 2 nitrogen and oxygen atoms in total. The molecule has 0 radical (unpaired) electrons. The van der Waals surface area contributed by atoms with Crippen LogP contribution in [-0.2, 0) is 0 Å². The predicted molar refractivity (Wildman–Crippen MR) is 86.2 cm³/mol. The molecule has 20 heavy (non-hydrogen) atoms. The Labute approximate surface area is 123 Å². The van der Waals surface area contributed by atoms with Crippen LogP contribution >= 0.6 is 0 Å². The molecule has 1 aliphatic rings. The minimum absolute atomic E-state index is 0.820. The summed E-state index contributed by atoms with van der Waals surface area (Å²) in [6.07, 6.45) is 10.9. The van der Waals surface area contributed by atoms with Gasteiger partial charge in [-0.3, -0.25) is 4.90 Å². The number of unbranched alkanes of at least 4 members (excludes halogenated alkanes) is 1. The molecule has 1 aliphatic heterocycles. The van der Waals surface area contributed by atoms with Crippen molar-refractivity contribution in [3.63, 3.8) is 0 Å². The second-order valence-corrected chi connectivity index (χ2v) is 5.53. The van der Waals surface area contributed by atoms with Gasteiger partial charge in [0, 0.05) is 6.54 Å². The number of nitrogens with zero attached hydrogens (tertiary/aromatic N) is 1. The van der Waals surface area contributed by atoms with Gasteiger partial charge >= 0.3 is 0 Å². The van der Waals surface area contributed by atoms with E-state index in [9.17, 15) is 0 Å². The zero-order chi connectivity index (χ0) is 14.0. The maximum absolute atomic E-state index is 5.67. The van der Waals surface area contributed by atoms with Crippen molar-refractivity contribution in [2.45, 2.75) is 39.0 Å². The maximum Gasteiger partial charge on any atom is 0.119 e. The largest absolute Gasteiger partial charge is 0.494 e. The third kappa shape index (κ3) is 5.38. The molecule has 0 N–H and O–H groups in total. The second-order valence-electron chi connectivity index (χ2n) is 5.53. The Hall–Kier alpha value is -1.28. The van der Waals surface area contributed by atoms with Crippen molar-refractivity contribution in [1.82, 2.24) is 4.90 Å². The fraction of sp³-hybridized carbons (Fsp3) is 0.556. The summed E-state index contributed by atoms with van der Waals surface area (Å²) in [7, 11) is 0. The maximum atomic E-state index is 5.67. The van der Waals surface area contributed by atoms with Gasteiger partial charge in [0.15, 0.2) is 0 Å². The number of benzene rings is 1. The second kappa shape index (κ2) is 8.80.